The number of amides is 1. The summed E-state index contributed by atoms with van der Waals surface area (Å²) in [6.07, 6.45) is 3.54. The molecule has 0 fully saturated rings. The second-order valence-corrected chi connectivity index (χ2v) is 6.69. The molecule has 3 rings (SSSR count). The molecule has 0 atom stereocenters. The number of nitrogens with one attached hydrogen (secondary N) is 2. The van der Waals surface area contributed by atoms with Crippen molar-refractivity contribution in [1.82, 2.24) is 19.3 Å². The van der Waals surface area contributed by atoms with Crippen molar-refractivity contribution in [3.05, 3.63) is 64.0 Å². The number of fused-ring (bicyclic) bond motifs is 2. The monoisotopic (exact) mass is 427 g/mol. The first kappa shape index (κ1) is 23.5. The third-order valence-corrected chi connectivity index (χ3v) is 4.32. The van der Waals surface area contributed by atoms with Gasteiger partial charge in [-0.2, -0.15) is 0 Å². The Bertz CT molecular complexity index is 1250. The average molecular weight is 427 g/mol. The van der Waals surface area contributed by atoms with E-state index in [1.165, 1.54) is 21.1 Å². The van der Waals surface area contributed by atoms with E-state index in [9.17, 15) is 14.7 Å². The molecule has 0 spiro atoms. The Kier molecular flexibility index (Phi) is 7.81. The number of aliphatic carboxylic acids is 1. The van der Waals surface area contributed by atoms with Crippen LogP contribution in [0.5, 0.6) is 0 Å². The number of hydrogen-bond acceptors (Lipinski definition) is 6. The summed E-state index contributed by atoms with van der Waals surface area (Å²) in [6, 6.07) is 5.02. The molecule has 31 heavy (non-hydrogen) atoms. The number of pyridine rings is 2. The number of aliphatic hydroxyl groups excluding tert-OH is 1. The molecular weight excluding hydrogens is 402 g/mol. The van der Waals surface area contributed by atoms with Crippen molar-refractivity contribution in [2.24, 2.45) is 0 Å². The van der Waals surface area contributed by atoms with Crippen LogP contribution in [0.25, 0.3) is 16.7 Å². The highest BCUT2D eigenvalue weighted by atomic mass is 16.4. The zero-order valence-electron chi connectivity index (χ0n) is 17.4. The van der Waals surface area contributed by atoms with E-state index < -0.39 is 11.9 Å². The fourth-order valence-electron chi connectivity index (χ4n) is 2.98. The molecule has 164 valence electrons. The normalized spacial score (nSPS) is 10.4. The van der Waals surface area contributed by atoms with Crippen LogP contribution in [0, 0.1) is 12.3 Å². The summed E-state index contributed by atoms with van der Waals surface area (Å²) in [5, 5.41) is 28.0. The summed E-state index contributed by atoms with van der Waals surface area (Å²) in [5.74, 6) is -1.30. The van der Waals surface area contributed by atoms with Crippen LogP contribution in [0.1, 0.15) is 29.3 Å². The Morgan fingerprint density at radius 3 is 2.65 bits per heavy atom. The number of aromatic nitrogens is 3. The van der Waals surface area contributed by atoms with E-state index in [0.29, 0.717) is 17.7 Å². The summed E-state index contributed by atoms with van der Waals surface area (Å²) in [7, 11) is 0. The van der Waals surface area contributed by atoms with Gasteiger partial charge in [0.2, 0.25) is 0 Å². The summed E-state index contributed by atoms with van der Waals surface area (Å²) in [6.45, 7) is 6.93. The lowest BCUT2D eigenvalue weighted by molar-refractivity contribution is -0.134. The topological polar surface area (TPSA) is 150 Å². The standard InChI is InChI=1S/C19H21N5O3.C2H4O2/c1-3-7-21-18(26)13-11-14-17(23(15(13)20)9-5-10-25)22-16-12(2)6-4-8-24(16)19(14)27;1-2(3)4/h3-4,6,8,11,20,25H,1,5,7,9-10H2,2H3,(H,21,26);1H3,(H,3,4). The number of aryl methyl sites for hydroxylation is 2. The molecule has 3 heterocycles. The van der Waals surface area contributed by atoms with Crippen LogP contribution < -0.4 is 16.4 Å². The highest BCUT2D eigenvalue weighted by molar-refractivity contribution is 5.96. The van der Waals surface area contributed by atoms with Gasteiger partial charge in [0.1, 0.15) is 16.8 Å². The number of aliphatic hydroxyl groups is 1. The lowest BCUT2D eigenvalue weighted by atomic mass is 10.2. The Morgan fingerprint density at radius 1 is 1.35 bits per heavy atom. The number of nitrogens with zero attached hydrogens (tertiary/aromatic N) is 3. The van der Waals surface area contributed by atoms with Gasteiger partial charge in [-0.3, -0.25) is 24.2 Å². The number of carbonyl (C=O) groups excluding carboxylic acids is 1. The van der Waals surface area contributed by atoms with E-state index in [2.05, 4.69) is 16.9 Å². The van der Waals surface area contributed by atoms with E-state index in [0.717, 1.165) is 12.5 Å². The van der Waals surface area contributed by atoms with Crippen molar-refractivity contribution in [1.29, 1.82) is 5.41 Å². The van der Waals surface area contributed by atoms with Crippen LogP contribution in [0.3, 0.4) is 0 Å². The fraction of sp³-hybridized carbons (Fsp3) is 0.286. The minimum Gasteiger partial charge on any atom is -0.481 e. The third kappa shape index (κ3) is 5.23. The summed E-state index contributed by atoms with van der Waals surface area (Å²) < 4.78 is 2.94. The Balaban J connectivity index is 0.000000785. The molecule has 0 aliphatic rings. The minimum atomic E-state index is -0.833. The van der Waals surface area contributed by atoms with Crippen molar-refractivity contribution in [2.45, 2.75) is 26.8 Å². The Morgan fingerprint density at radius 2 is 2.03 bits per heavy atom. The maximum Gasteiger partial charge on any atom is 0.300 e. The second-order valence-electron chi connectivity index (χ2n) is 6.69. The molecule has 3 aromatic rings. The van der Waals surface area contributed by atoms with Crippen LogP contribution in [0.2, 0.25) is 0 Å². The highest BCUT2D eigenvalue weighted by Gasteiger charge is 2.17. The maximum atomic E-state index is 13.0. The molecule has 0 saturated carbocycles. The summed E-state index contributed by atoms with van der Waals surface area (Å²) in [4.78, 5) is 39.1. The fourth-order valence-corrected chi connectivity index (χ4v) is 2.98. The van der Waals surface area contributed by atoms with E-state index in [-0.39, 0.29) is 41.7 Å². The van der Waals surface area contributed by atoms with Crippen LogP contribution in [0.4, 0.5) is 0 Å². The molecule has 0 aliphatic heterocycles. The van der Waals surface area contributed by atoms with Crippen molar-refractivity contribution < 1.29 is 19.8 Å². The lowest BCUT2D eigenvalue weighted by Gasteiger charge is -2.14. The average Bonchev–Trinajstić information content (AvgIpc) is 2.72. The van der Waals surface area contributed by atoms with Gasteiger partial charge >= 0.3 is 0 Å². The summed E-state index contributed by atoms with van der Waals surface area (Å²) >= 11 is 0. The van der Waals surface area contributed by atoms with Gasteiger partial charge in [-0.15, -0.1) is 6.58 Å². The molecular formula is C21H25N5O5. The minimum absolute atomic E-state index is 0.0534. The number of carboxylic acid groups (broad SMARTS) is 1. The predicted octanol–water partition coefficient (Wildman–Crippen LogP) is 0.826. The smallest absolute Gasteiger partial charge is 0.300 e. The zero-order chi connectivity index (χ0) is 23.1. The lowest BCUT2D eigenvalue weighted by Crippen LogP contribution is -2.35. The third-order valence-electron chi connectivity index (χ3n) is 4.32. The summed E-state index contributed by atoms with van der Waals surface area (Å²) in [5.41, 5.74) is 1.36. The van der Waals surface area contributed by atoms with Crippen LogP contribution in [0.15, 0.2) is 41.8 Å². The zero-order valence-corrected chi connectivity index (χ0v) is 17.4. The predicted molar refractivity (Wildman–Crippen MR) is 115 cm³/mol. The molecule has 4 N–H and O–H groups in total. The van der Waals surface area contributed by atoms with Crippen molar-refractivity contribution in [3.63, 3.8) is 0 Å². The quantitative estimate of drug-likeness (QED) is 0.338. The molecule has 0 bridgehead atoms. The number of hydrogen-bond donors (Lipinski definition) is 4. The molecule has 10 nitrogen and oxygen atoms in total. The highest BCUT2D eigenvalue weighted by Crippen LogP contribution is 2.13. The van der Waals surface area contributed by atoms with Gasteiger partial charge in [-0.1, -0.05) is 12.1 Å². The van der Waals surface area contributed by atoms with Gasteiger partial charge in [-0.05, 0) is 31.0 Å². The van der Waals surface area contributed by atoms with Gasteiger partial charge in [0.15, 0.2) is 0 Å². The molecule has 0 radical (unpaired) electrons. The number of carboxylic acids is 1. The number of rotatable bonds is 6. The van der Waals surface area contributed by atoms with Crippen molar-refractivity contribution in [2.75, 3.05) is 13.2 Å². The van der Waals surface area contributed by atoms with Crippen LogP contribution >= 0.6 is 0 Å². The Hall–Kier alpha value is -3.79. The van der Waals surface area contributed by atoms with Crippen molar-refractivity contribution >= 4 is 28.6 Å². The molecule has 0 aromatic carbocycles. The van der Waals surface area contributed by atoms with Crippen LogP contribution in [-0.4, -0.2) is 49.2 Å². The first-order chi connectivity index (χ1) is 14.7. The van der Waals surface area contributed by atoms with Gasteiger partial charge in [0.25, 0.3) is 17.4 Å². The number of carbonyl (C=O) groups is 2. The van der Waals surface area contributed by atoms with Gasteiger partial charge < -0.3 is 20.1 Å². The molecule has 3 aromatic heterocycles. The molecule has 1 amide bonds. The molecule has 0 aliphatic carbocycles. The SMILES string of the molecule is C=CCNC(=O)c1cc2c(=O)n3cccc(C)c3nc2n(CCCO)c1=N.CC(=O)O. The van der Waals surface area contributed by atoms with Gasteiger partial charge in [-0.25, -0.2) is 4.98 Å². The maximum absolute atomic E-state index is 13.0. The molecule has 10 heteroatoms. The van der Waals surface area contributed by atoms with E-state index in [1.54, 1.807) is 12.3 Å². The molecule has 0 unspecified atom stereocenters. The van der Waals surface area contributed by atoms with E-state index >= 15 is 0 Å². The van der Waals surface area contributed by atoms with Gasteiger partial charge in [0, 0.05) is 32.8 Å². The first-order valence-corrected chi connectivity index (χ1v) is 9.52. The second kappa shape index (κ2) is 10.3. The largest absolute Gasteiger partial charge is 0.481 e. The van der Waals surface area contributed by atoms with Crippen LogP contribution in [-0.2, 0) is 11.3 Å². The Labute approximate surface area is 177 Å². The first-order valence-electron chi connectivity index (χ1n) is 9.52. The molecule has 0 saturated heterocycles. The van der Waals surface area contributed by atoms with E-state index in [1.807, 2.05) is 13.0 Å². The van der Waals surface area contributed by atoms with Crippen molar-refractivity contribution in [3.8, 4) is 0 Å². The van der Waals surface area contributed by atoms with E-state index in [4.69, 9.17) is 15.3 Å². The van der Waals surface area contributed by atoms with Gasteiger partial charge in [0.05, 0.1) is 10.9 Å².